The summed E-state index contributed by atoms with van der Waals surface area (Å²) in [7, 11) is 1.60. The Morgan fingerprint density at radius 1 is 1.03 bits per heavy atom. The largest absolute Gasteiger partial charge is 0.493 e. The molecule has 5 nitrogen and oxygen atoms in total. The molecule has 0 saturated carbocycles. The molecule has 6 heteroatoms. The van der Waals surface area contributed by atoms with Crippen molar-refractivity contribution in [2.75, 3.05) is 13.9 Å². The first-order valence-electron chi connectivity index (χ1n) is 10.6. The van der Waals surface area contributed by atoms with E-state index in [9.17, 15) is 5.26 Å². The summed E-state index contributed by atoms with van der Waals surface area (Å²) in [6, 6.07) is 25.9. The molecule has 34 heavy (non-hydrogen) atoms. The number of hydrogen-bond acceptors (Lipinski definition) is 5. The topological polar surface area (TPSA) is 60.7 Å². The van der Waals surface area contributed by atoms with Crippen molar-refractivity contribution in [3.63, 3.8) is 0 Å². The van der Waals surface area contributed by atoms with Crippen LogP contribution in [0.4, 0.5) is 0 Å². The molecular weight excluding hydrogens is 494 g/mol. The van der Waals surface area contributed by atoms with Crippen LogP contribution in [0.1, 0.15) is 16.7 Å². The molecular formula is C28H20BrNO4. The molecule has 5 rings (SSSR count). The third kappa shape index (κ3) is 4.30. The summed E-state index contributed by atoms with van der Waals surface area (Å²) < 4.78 is 23.3. The van der Waals surface area contributed by atoms with E-state index < -0.39 is 0 Å². The van der Waals surface area contributed by atoms with Crippen LogP contribution in [-0.2, 0) is 6.61 Å². The Hall–Kier alpha value is -3.95. The summed E-state index contributed by atoms with van der Waals surface area (Å²) in [5, 5.41) is 12.1. The van der Waals surface area contributed by atoms with Gasteiger partial charge >= 0.3 is 0 Å². The van der Waals surface area contributed by atoms with Gasteiger partial charge in [-0.2, -0.15) is 5.26 Å². The number of nitriles is 1. The van der Waals surface area contributed by atoms with Gasteiger partial charge in [-0.05, 0) is 79.8 Å². The van der Waals surface area contributed by atoms with Gasteiger partial charge in [0.25, 0.3) is 0 Å². The fourth-order valence-electron chi connectivity index (χ4n) is 3.94. The van der Waals surface area contributed by atoms with Gasteiger partial charge in [0.1, 0.15) is 6.61 Å². The van der Waals surface area contributed by atoms with Gasteiger partial charge in [0.05, 0.1) is 23.2 Å². The van der Waals surface area contributed by atoms with Gasteiger partial charge in [-0.15, -0.1) is 0 Å². The molecule has 0 aromatic heterocycles. The minimum atomic E-state index is 0.189. The van der Waals surface area contributed by atoms with Gasteiger partial charge in [0, 0.05) is 0 Å². The number of allylic oxidation sites excluding steroid dienone is 1. The molecule has 0 bridgehead atoms. The molecule has 0 N–H and O–H groups in total. The number of benzene rings is 4. The van der Waals surface area contributed by atoms with Crippen molar-refractivity contribution in [3.8, 4) is 29.1 Å². The molecule has 0 atom stereocenters. The molecule has 1 aliphatic rings. The van der Waals surface area contributed by atoms with Crippen LogP contribution in [0.25, 0.3) is 22.4 Å². The molecule has 168 valence electrons. The maximum atomic E-state index is 9.78. The highest BCUT2D eigenvalue weighted by atomic mass is 79.9. The van der Waals surface area contributed by atoms with Crippen molar-refractivity contribution in [1.82, 2.24) is 0 Å². The standard InChI is InChI=1S/C28H20BrNO4/c1-31-27-13-18(11-22(15-30)20-9-10-25-26(14-20)34-17-33-25)12-24(29)28(27)32-16-21-7-4-6-19-5-2-3-8-23(19)21/h2-14H,16-17H2,1H3/b22-11-. The van der Waals surface area contributed by atoms with E-state index in [1.165, 1.54) is 5.39 Å². The zero-order chi connectivity index (χ0) is 23.5. The second-order valence-corrected chi connectivity index (χ2v) is 8.55. The summed E-state index contributed by atoms with van der Waals surface area (Å²) in [6.07, 6.45) is 1.80. The number of fused-ring (bicyclic) bond motifs is 2. The summed E-state index contributed by atoms with van der Waals surface area (Å²) in [5.74, 6) is 2.49. The van der Waals surface area contributed by atoms with Gasteiger partial charge in [0.2, 0.25) is 6.79 Å². The van der Waals surface area contributed by atoms with Crippen LogP contribution in [0.2, 0.25) is 0 Å². The Bertz CT molecular complexity index is 1450. The van der Waals surface area contributed by atoms with E-state index in [4.69, 9.17) is 18.9 Å². The Morgan fingerprint density at radius 2 is 1.85 bits per heavy atom. The molecule has 0 unspecified atom stereocenters. The first-order chi connectivity index (χ1) is 16.7. The van der Waals surface area contributed by atoms with Gasteiger partial charge in [-0.1, -0.05) is 42.5 Å². The molecule has 1 heterocycles. The van der Waals surface area contributed by atoms with Gasteiger partial charge in [0.15, 0.2) is 23.0 Å². The predicted molar refractivity (Wildman–Crippen MR) is 135 cm³/mol. The van der Waals surface area contributed by atoms with Crippen LogP contribution in [-0.4, -0.2) is 13.9 Å². The third-order valence-electron chi connectivity index (χ3n) is 5.62. The highest BCUT2D eigenvalue weighted by Crippen LogP contribution is 2.39. The summed E-state index contributed by atoms with van der Waals surface area (Å²) in [5.41, 5.74) is 3.14. The van der Waals surface area contributed by atoms with Crippen molar-refractivity contribution in [2.45, 2.75) is 6.61 Å². The van der Waals surface area contributed by atoms with Crippen LogP contribution < -0.4 is 18.9 Å². The minimum Gasteiger partial charge on any atom is -0.493 e. The van der Waals surface area contributed by atoms with Crippen LogP contribution in [0.3, 0.4) is 0 Å². The Kier molecular flexibility index (Phi) is 6.11. The summed E-state index contributed by atoms with van der Waals surface area (Å²) >= 11 is 3.62. The van der Waals surface area contributed by atoms with Crippen molar-refractivity contribution >= 4 is 38.4 Å². The Labute approximate surface area is 205 Å². The number of nitrogens with zero attached hydrogens (tertiary/aromatic N) is 1. The van der Waals surface area contributed by atoms with Crippen LogP contribution in [0, 0.1) is 11.3 Å². The number of rotatable bonds is 6. The second kappa shape index (κ2) is 9.50. The van der Waals surface area contributed by atoms with E-state index in [-0.39, 0.29) is 6.79 Å². The van der Waals surface area contributed by atoms with Crippen LogP contribution in [0.5, 0.6) is 23.0 Å². The van der Waals surface area contributed by atoms with E-state index in [1.54, 1.807) is 13.2 Å². The van der Waals surface area contributed by atoms with Crippen molar-refractivity contribution in [2.24, 2.45) is 0 Å². The van der Waals surface area contributed by atoms with E-state index in [1.807, 2.05) is 48.5 Å². The molecule has 4 aromatic carbocycles. The lowest BCUT2D eigenvalue weighted by molar-refractivity contribution is 0.174. The van der Waals surface area contributed by atoms with E-state index >= 15 is 0 Å². The molecule has 0 amide bonds. The number of ether oxygens (including phenoxy) is 4. The smallest absolute Gasteiger partial charge is 0.231 e. The van der Waals surface area contributed by atoms with Crippen LogP contribution >= 0.6 is 15.9 Å². The first-order valence-corrected chi connectivity index (χ1v) is 11.4. The van der Waals surface area contributed by atoms with Crippen molar-refractivity contribution in [3.05, 3.63) is 94.0 Å². The predicted octanol–water partition coefficient (Wildman–Crippen LogP) is 6.98. The maximum Gasteiger partial charge on any atom is 0.231 e. The minimum absolute atomic E-state index is 0.189. The molecule has 0 aliphatic carbocycles. The van der Waals surface area contributed by atoms with Crippen molar-refractivity contribution in [1.29, 1.82) is 5.26 Å². The van der Waals surface area contributed by atoms with E-state index in [2.05, 4.69) is 46.3 Å². The highest BCUT2D eigenvalue weighted by molar-refractivity contribution is 9.10. The molecule has 0 saturated heterocycles. The monoisotopic (exact) mass is 513 g/mol. The number of halogens is 1. The fourth-order valence-corrected chi connectivity index (χ4v) is 4.52. The summed E-state index contributed by atoms with van der Waals surface area (Å²) in [6.45, 7) is 0.584. The first kappa shape index (κ1) is 21.9. The van der Waals surface area contributed by atoms with Crippen LogP contribution in [0.15, 0.2) is 77.3 Å². The maximum absolute atomic E-state index is 9.78. The van der Waals surface area contributed by atoms with Gasteiger partial charge in [-0.3, -0.25) is 0 Å². The summed E-state index contributed by atoms with van der Waals surface area (Å²) in [4.78, 5) is 0. The Morgan fingerprint density at radius 3 is 2.71 bits per heavy atom. The highest BCUT2D eigenvalue weighted by Gasteiger charge is 2.16. The average Bonchev–Trinajstić information content (AvgIpc) is 3.34. The molecule has 0 spiro atoms. The van der Waals surface area contributed by atoms with Crippen molar-refractivity contribution < 1.29 is 18.9 Å². The second-order valence-electron chi connectivity index (χ2n) is 7.70. The zero-order valence-corrected chi connectivity index (χ0v) is 20.0. The Balaban J connectivity index is 1.43. The molecule has 1 aliphatic heterocycles. The lowest BCUT2D eigenvalue weighted by Gasteiger charge is -2.15. The van der Waals surface area contributed by atoms with Gasteiger partial charge in [-0.25, -0.2) is 0 Å². The molecule has 4 aromatic rings. The number of methoxy groups -OCH3 is 1. The molecule has 0 fully saturated rings. The normalized spacial score (nSPS) is 12.4. The van der Waals surface area contributed by atoms with E-state index in [0.717, 1.165) is 26.5 Å². The van der Waals surface area contributed by atoms with Gasteiger partial charge < -0.3 is 18.9 Å². The zero-order valence-electron chi connectivity index (χ0n) is 18.4. The fraction of sp³-hybridized carbons (Fsp3) is 0.107. The SMILES string of the molecule is COc1cc(/C=C(/C#N)c2ccc3c(c2)OCO3)cc(Br)c1OCc1cccc2ccccc12. The third-order valence-corrected chi connectivity index (χ3v) is 6.21. The average molecular weight is 514 g/mol. The lowest BCUT2D eigenvalue weighted by Crippen LogP contribution is -2.00. The number of hydrogen-bond donors (Lipinski definition) is 0. The van der Waals surface area contributed by atoms with E-state index in [0.29, 0.717) is 35.2 Å². The lowest BCUT2D eigenvalue weighted by atomic mass is 10.0. The molecule has 0 radical (unpaired) electrons. The quantitative estimate of drug-likeness (QED) is 0.205.